The molecule has 0 aliphatic rings. The molecule has 0 saturated heterocycles. The largest absolute Gasteiger partial charge is 0.490 e. The van der Waals surface area contributed by atoms with Crippen molar-refractivity contribution in [3.8, 4) is 11.5 Å². The summed E-state index contributed by atoms with van der Waals surface area (Å²) in [7, 11) is 0. The Labute approximate surface area is 120 Å². The molecule has 0 heterocycles. The van der Waals surface area contributed by atoms with E-state index in [-0.39, 0.29) is 5.82 Å². The third kappa shape index (κ3) is 3.70. The van der Waals surface area contributed by atoms with Crippen LogP contribution in [0.25, 0.3) is 0 Å². The van der Waals surface area contributed by atoms with Crippen LogP contribution in [0.1, 0.15) is 12.5 Å². The second-order valence-electron chi connectivity index (χ2n) is 3.92. The molecule has 0 aliphatic carbocycles. The molecule has 2 aromatic rings. The van der Waals surface area contributed by atoms with E-state index in [4.69, 9.17) is 9.47 Å². The first-order valence-electron chi connectivity index (χ1n) is 5.99. The first-order chi connectivity index (χ1) is 9.20. The summed E-state index contributed by atoms with van der Waals surface area (Å²) < 4.78 is 24.7. The van der Waals surface area contributed by atoms with Gasteiger partial charge in [-0.1, -0.05) is 18.2 Å². The Bertz CT molecular complexity index is 558. The lowest BCUT2D eigenvalue weighted by atomic mass is 10.2. The van der Waals surface area contributed by atoms with Crippen molar-refractivity contribution in [2.45, 2.75) is 13.5 Å². The molecule has 0 radical (unpaired) electrons. The van der Waals surface area contributed by atoms with Gasteiger partial charge in [0.25, 0.3) is 0 Å². The van der Waals surface area contributed by atoms with E-state index in [1.807, 2.05) is 31.2 Å². The first kappa shape index (κ1) is 13.9. The molecular weight excluding hydrogens is 311 g/mol. The highest BCUT2D eigenvalue weighted by Gasteiger charge is 2.05. The van der Waals surface area contributed by atoms with Gasteiger partial charge in [-0.25, -0.2) is 4.39 Å². The third-order valence-electron chi connectivity index (χ3n) is 2.53. The monoisotopic (exact) mass is 324 g/mol. The predicted molar refractivity (Wildman–Crippen MR) is 76.0 cm³/mol. The van der Waals surface area contributed by atoms with Crippen LogP contribution in [-0.4, -0.2) is 6.61 Å². The standard InChI is InChI=1S/C15H14BrFO2/c1-2-18-14-5-3-4-6-15(14)19-10-11-7-8-13(17)12(16)9-11/h3-9H,2,10H2,1H3. The summed E-state index contributed by atoms with van der Waals surface area (Å²) in [6.45, 7) is 2.87. The molecule has 0 aromatic heterocycles. The van der Waals surface area contributed by atoms with E-state index < -0.39 is 0 Å². The van der Waals surface area contributed by atoms with Gasteiger partial charge in [0, 0.05) is 0 Å². The highest BCUT2D eigenvalue weighted by Crippen LogP contribution is 2.27. The van der Waals surface area contributed by atoms with E-state index in [1.54, 1.807) is 12.1 Å². The highest BCUT2D eigenvalue weighted by molar-refractivity contribution is 9.10. The Balaban J connectivity index is 2.07. The molecule has 0 aliphatic heterocycles. The lowest BCUT2D eigenvalue weighted by Gasteiger charge is -2.11. The zero-order valence-electron chi connectivity index (χ0n) is 10.5. The van der Waals surface area contributed by atoms with Gasteiger partial charge in [-0.3, -0.25) is 0 Å². The van der Waals surface area contributed by atoms with Crippen LogP contribution in [0.15, 0.2) is 46.9 Å². The van der Waals surface area contributed by atoms with E-state index in [9.17, 15) is 4.39 Å². The summed E-state index contributed by atoms with van der Waals surface area (Å²) >= 11 is 3.16. The maximum Gasteiger partial charge on any atom is 0.161 e. The molecule has 4 heteroatoms. The molecule has 2 aromatic carbocycles. The molecule has 2 nitrogen and oxygen atoms in total. The minimum absolute atomic E-state index is 0.279. The van der Waals surface area contributed by atoms with Crippen LogP contribution in [0.5, 0.6) is 11.5 Å². The fraction of sp³-hybridized carbons (Fsp3) is 0.200. The van der Waals surface area contributed by atoms with Crippen molar-refractivity contribution < 1.29 is 13.9 Å². The fourth-order valence-electron chi connectivity index (χ4n) is 1.63. The number of para-hydroxylation sites is 2. The van der Waals surface area contributed by atoms with Gasteiger partial charge in [-0.2, -0.15) is 0 Å². The summed E-state index contributed by atoms with van der Waals surface area (Å²) in [4.78, 5) is 0. The minimum atomic E-state index is -0.279. The molecule has 2 rings (SSSR count). The van der Waals surface area contributed by atoms with Gasteiger partial charge >= 0.3 is 0 Å². The van der Waals surface area contributed by atoms with Gasteiger partial charge in [0.15, 0.2) is 11.5 Å². The van der Waals surface area contributed by atoms with Crippen molar-refractivity contribution in [1.82, 2.24) is 0 Å². The zero-order valence-corrected chi connectivity index (χ0v) is 12.1. The van der Waals surface area contributed by atoms with Gasteiger partial charge in [-0.05, 0) is 52.7 Å². The Hall–Kier alpha value is -1.55. The summed E-state index contributed by atoms with van der Waals surface area (Å²) in [5.41, 5.74) is 0.888. The van der Waals surface area contributed by atoms with Crippen molar-refractivity contribution in [1.29, 1.82) is 0 Å². The van der Waals surface area contributed by atoms with E-state index >= 15 is 0 Å². The van der Waals surface area contributed by atoms with Gasteiger partial charge in [-0.15, -0.1) is 0 Å². The van der Waals surface area contributed by atoms with Gasteiger partial charge in [0.1, 0.15) is 12.4 Å². The van der Waals surface area contributed by atoms with E-state index in [1.165, 1.54) is 6.07 Å². The van der Waals surface area contributed by atoms with E-state index in [0.29, 0.717) is 29.2 Å². The molecule has 0 saturated carbocycles. The van der Waals surface area contributed by atoms with Crippen molar-refractivity contribution in [2.24, 2.45) is 0 Å². The lowest BCUT2D eigenvalue weighted by Crippen LogP contribution is -1.99. The first-order valence-corrected chi connectivity index (χ1v) is 6.78. The van der Waals surface area contributed by atoms with E-state index in [2.05, 4.69) is 15.9 Å². The topological polar surface area (TPSA) is 18.5 Å². The van der Waals surface area contributed by atoms with Crippen molar-refractivity contribution >= 4 is 15.9 Å². The number of ether oxygens (including phenoxy) is 2. The maximum absolute atomic E-state index is 13.1. The average molecular weight is 325 g/mol. The fourth-order valence-corrected chi connectivity index (χ4v) is 2.06. The summed E-state index contributed by atoms with van der Waals surface area (Å²) in [6, 6.07) is 12.3. The third-order valence-corrected chi connectivity index (χ3v) is 3.14. The van der Waals surface area contributed by atoms with Crippen LogP contribution in [0.2, 0.25) is 0 Å². The predicted octanol–water partition coefficient (Wildman–Crippen LogP) is 4.57. The van der Waals surface area contributed by atoms with Crippen LogP contribution < -0.4 is 9.47 Å². The molecular formula is C15H14BrFO2. The minimum Gasteiger partial charge on any atom is -0.490 e. The summed E-state index contributed by atoms with van der Waals surface area (Å²) in [5, 5.41) is 0. The maximum atomic E-state index is 13.1. The number of hydrogen-bond donors (Lipinski definition) is 0. The SMILES string of the molecule is CCOc1ccccc1OCc1ccc(F)c(Br)c1. The zero-order chi connectivity index (χ0) is 13.7. The molecule has 0 N–H and O–H groups in total. The molecule has 0 fully saturated rings. The van der Waals surface area contributed by atoms with Crippen molar-refractivity contribution in [3.63, 3.8) is 0 Å². The smallest absolute Gasteiger partial charge is 0.161 e. The van der Waals surface area contributed by atoms with Crippen LogP contribution in [0.4, 0.5) is 4.39 Å². The van der Waals surface area contributed by atoms with Crippen molar-refractivity contribution in [3.05, 3.63) is 58.3 Å². The lowest BCUT2D eigenvalue weighted by molar-refractivity contribution is 0.269. The molecule has 0 atom stereocenters. The molecule has 0 spiro atoms. The van der Waals surface area contributed by atoms with Crippen LogP contribution in [0.3, 0.4) is 0 Å². The quantitative estimate of drug-likeness (QED) is 0.802. The van der Waals surface area contributed by atoms with Crippen molar-refractivity contribution in [2.75, 3.05) is 6.61 Å². The number of hydrogen-bond acceptors (Lipinski definition) is 2. The van der Waals surface area contributed by atoms with Crippen LogP contribution in [-0.2, 0) is 6.61 Å². The van der Waals surface area contributed by atoms with Crippen LogP contribution in [0, 0.1) is 5.82 Å². The summed E-state index contributed by atoms with van der Waals surface area (Å²) in [5.74, 6) is 1.12. The van der Waals surface area contributed by atoms with Gasteiger partial charge in [0.2, 0.25) is 0 Å². The second-order valence-corrected chi connectivity index (χ2v) is 4.77. The van der Waals surface area contributed by atoms with Gasteiger partial charge in [0.05, 0.1) is 11.1 Å². The Morgan fingerprint density at radius 2 is 1.74 bits per heavy atom. The Morgan fingerprint density at radius 3 is 2.37 bits per heavy atom. The molecule has 0 unspecified atom stereocenters. The van der Waals surface area contributed by atoms with Gasteiger partial charge < -0.3 is 9.47 Å². The number of rotatable bonds is 5. The second kappa shape index (κ2) is 6.57. The Morgan fingerprint density at radius 1 is 1.05 bits per heavy atom. The molecule has 0 bridgehead atoms. The molecule has 19 heavy (non-hydrogen) atoms. The van der Waals surface area contributed by atoms with Crippen LogP contribution >= 0.6 is 15.9 Å². The average Bonchev–Trinajstić information content (AvgIpc) is 2.42. The number of benzene rings is 2. The molecule has 100 valence electrons. The molecule has 0 amide bonds. The van der Waals surface area contributed by atoms with E-state index in [0.717, 1.165) is 5.56 Å². The highest BCUT2D eigenvalue weighted by atomic mass is 79.9. The summed E-state index contributed by atoms with van der Waals surface area (Å²) in [6.07, 6.45) is 0. The number of halogens is 2. The Kier molecular flexibility index (Phi) is 4.80. The normalized spacial score (nSPS) is 10.3.